The van der Waals surface area contributed by atoms with Gasteiger partial charge >= 0.3 is 0 Å². The summed E-state index contributed by atoms with van der Waals surface area (Å²) in [5.41, 5.74) is 2.72. The van der Waals surface area contributed by atoms with Crippen LogP contribution in [0.2, 0.25) is 5.02 Å². The van der Waals surface area contributed by atoms with E-state index < -0.39 is 0 Å². The van der Waals surface area contributed by atoms with E-state index in [-0.39, 0.29) is 5.41 Å². The predicted octanol–water partition coefficient (Wildman–Crippen LogP) is 3.89. The summed E-state index contributed by atoms with van der Waals surface area (Å²) < 4.78 is 2.07. The van der Waals surface area contributed by atoms with Gasteiger partial charge in [-0.15, -0.1) is 0 Å². The first-order chi connectivity index (χ1) is 6.47. The number of halogens is 1. The molecule has 0 unspecified atom stereocenters. The molecular weight excluding hydrogens is 194 g/mol. The van der Waals surface area contributed by atoms with E-state index in [4.69, 9.17) is 11.6 Å². The van der Waals surface area contributed by atoms with E-state index in [9.17, 15) is 0 Å². The highest BCUT2D eigenvalue weighted by Crippen LogP contribution is 2.25. The fraction of sp³-hybridized carbons (Fsp3) is 0.333. The van der Waals surface area contributed by atoms with E-state index in [0.717, 1.165) is 5.02 Å². The lowest BCUT2D eigenvalue weighted by atomic mass is 9.89. The van der Waals surface area contributed by atoms with Crippen LogP contribution in [0, 0.1) is 0 Å². The molecule has 0 amide bonds. The summed E-state index contributed by atoms with van der Waals surface area (Å²) in [5, 5.41) is 0.772. The van der Waals surface area contributed by atoms with Crippen molar-refractivity contribution in [2.75, 3.05) is 0 Å². The highest BCUT2D eigenvalue weighted by atomic mass is 35.5. The minimum atomic E-state index is 0.193. The molecule has 0 spiro atoms. The molecule has 2 rings (SSSR count). The van der Waals surface area contributed by atoms with Crippen LogP contribution in [0.4, 0.5) is 0 Å². The highest BCUT2D eigenvalue weighted by Gasteiger charge is 2.15. The SMILES string of the molecule is CC(C)(C)c1cc2ccc(Cl)cn2c1. The smallest absolute Gasteiger partial charge is 0.0572 e. The Morgan fingerprint density at radius 1 is 1.14 bits per heavy atom. The van der Waals surface area contributed by atoms with Crippen molar-refractivity contribution in [1.29, 1.82) is 0 Å². The summed E-state index contributed by atoms with van der Waals surface area (Å²) in [6, 6.07) is 6.16. The third-order valence-electron chi connectivity index (χ3n) is 2.42. The van der Waals surface area contributed by atoms with Crippen LogP contribution >= 0.6 is 11.6 Å². The molecule has 0 aliphatic rings. The molecule has 2 aromatic heterocycles. The summed E-state index contributed by atoms with van der Waals surface area (Å²) >= 11 is 5.92. The van der Waals surface area contributed by atoms with Gasteiger partial charge in [0.15, 0.2) is 0 Å². The lowest BCUT2D eigenvalue weighted by Gasteiger charge is -2.15. The first kappa shape index (κ1) is 9.60. The topological polar surface area (TPSA) is 4.41 Å². The molecule has 2 heteroatoms. The second-order valence-corrected chi connectivity index (χ2v) is 5.09. The van der Waals surface area contributed by atoms with Gasteiger partial charge in [-0.2, -0.15) is 0 Å². The van der Waals surface area contributed by atoms with Crippen LogP contribution in [0.25, 0.3) is 5.52 Å². The second-order valence-electron chi connectivity index (χ2n) is 4.66. The maximum Gasteiger partial charge on any atom is 0.0572 e. The number of fused-ring (bicyclic) bond motifs is 1. The molecule has 0 atom stereocenters. The number of pyridine rings is 1. The zero-order valence-corrected chi connectivity index (χ0v) is 9.47. The molecular formula is C12H14ClN. The van der Waals surface area contributed by atoms with Crippen LogP contribution in [0.1, 0.15) is 26.3 Å². The average Bonchev–Trinajstić information content (AvgIpc) is 2.45. The first-order valence-electron chi connectivity index (χ1n) is 4.74. The van der Waals surface area contributed by atoms with Gasteiger partial charge in [-0.05, 0) is 29.2 Å². The third-order valence-corrected chi connectivity index (χ3v) is 2.65. The van der Waals surface area contributed by atoms with E-state index in [0.29, 0.717) is 0 Å². The van der Waals surface area contributed by atoms with Crippen LogP contribution < -0.4 is 0 Å². The molecule has 0 aliphatic carbocycles. The molecule has 0 fully saturated rings. The Morgan fingerprint density at radius 2 is 1.86 bits per heavy atom. The summed E-state index contributed by atoms with van der Waals surface area (Å²) in [7, 11) is 0. The number of rotatable bonds is 0. The molecule has 0 radical (unpaired) electrons. The van der Waals surface area contributed by atoms with Crippen molar-refractivity contribution in [3.8, 4) is 0 Å². The van der Waals surface area contributed by atoms with Crippen molar-refractivity contribution in [3.05, 3.63) is 41.2 Å². The summed E-state index contributed by atoms with van der Waals surface area (Å²) in [4.78, 5) is 0. The molecule has 2 aromatic rings. The molecule has 0 aromatic carbocycles. The normalized spacial score (nSPS) is 12.3. The maximum absolute atomic E-state index is 5.92. The van der Waals surface area contributed by atoms with E-state index >= 15 is 0 Å². The predicted molar refractivity (Wildman–Crippen MR) is 61.1 cm³/mol. The molecule has 0 bridgehead atoms. The molecule has 0 N–H and O–H groups in total. The quantitative estimate of drug-likeness (QED) is 0.618. The van der Waals surface area contributed by atoms with Gasteiger partial charge in [0.05, 0.1) is 5.02 Å². The van der Waals surface area contributed by atoms with Crippen molar-refractivity contribution in [3.63, 3.8) is 0 Å². The number of hydrogen-bond acceptors (Lipinski definition) is 0. The summed E-state index contributed by atoms with van der Waals surface area (Å²) in [6.07, 6.45) is 4.08. The van der Waals surface area contributed by atoms with Gasteiger partial charge in [-0.3, -0.25) is 0 Å². The van der Waals surface area contributed by atoms with Crippen LogP contribution in [-0.2, 0) is 5.41 Å². The number of hydrogen-bond donors (Lipinski definition) is 0. The monoisotopic (exact) mass is 207 g/mol. The minimum absolute atomic E-state index is 0.193. The van der Waals surface area contributed by atoms with E-state index in [1.165, 1.54) is 11.1 Å². The average molecular weight is 208 g/mol. The Morgan fingerprint density at radius 3 is 2.50 bits per heavy atom. The summed E-state index contributed by atoms with van der Waals surface area (Å²) in [5.74, 6) is 0. The molecule has 2 heterocycles. The fourth-order valence-electron chi connectivity index (χ4n) is 1.49. The van der Waals surface area contributed by atoms with Crippen LogP contribution in [0.5, 0.6) is 0 Å². The van der Waals surface area contributed by atoms with Crippen molar-refractivity contribution in [2.45, 2.75) is 26.2 Å². The van der Waals surface area contributed by atoms with Crippen molar-refractivity contribution in [1.82, 2.24) is 4.40 Å². The van der Waals surface area contributed by atoms with Crippen LogP contribution in [0.3, 0.4) is 0 Å². The Labute approximate surface area is 89.3 Å². The second kappa shape index (κ2) is 3.03. The van der Waals surface area contributed by atoms with Gasteiger partial charge in [-0.25, -0.2) is 0 Å². The van der Waals surface area contributed by atoms with Gasteiger partial charge < -0.3 is 4.40 Å². The fourth-order valence-corrected chi connectivity index (χ4v) is 1.66. The van der Waals surface area contributed by atoms with Gasteiger partial charge in [0, 0.05) is 17.9 Å². The van der Waals surface area contributed by atoms with Crippen LogP contribution in [-0.4, -0.2) is 4.40 Å². The maximum atomic E-state index is 5.92. The van der Waals surface area contributed by atoms with Gasteiger partial charge in [-0.1, -0.05) is 32.4 Å². The molecule has 1 nitrogen and oxygen atoms in total. The van der Waals surface area contributed by atoms with Gasteiger partial charge in [0.2, 0.25) is 0 Å². The van der Waals surface area contributed by atoms with Gasteiger partial charge in [0.25, 0.3) is 0 Å². The number of aromatic nitrogens is 1. The zero-order chi connectivity index (χ0) is 10.3. The molecule has 0 aliphatic heterocycles. The van der Waals surface area contributed by atoms with Crippen molar-refractivity contribution in [2.24, 2.45) is 0 Å². The molecule has 0 saturated heterocycles. The standard InChI is InChI=1S/C12H14ClN/c1-12(2,3)9-6-11-5-4-10(13)8-14(11)7-9/h4-8H,1-3H3. The van der Waals surface area contributed by atoms with Gasteiger partial charge in [0.1, 0.15) is 0 Å². The lowest BCUT2D eigenvalue weighted by molar-refractivity contribution is 0.590. The molecule has 74 valence electrons. The van der Waals surface area contributed by atoms with Crippen molar-refractivity contribution < 1.29 is 0 Å². The Kier molecular flexibility index (Phi) is 2.07. The van der Waals surface area contributed by atoms with Crippen LogP contribution in [0.15, 0.2) is 30.6 Å². The zero-order valence-electron chi connectivity index (χ0n) is 8.71. The highest BCUT2D eigenvalue weighted by molar-refractivity contribution is 6.30. The van der Waals surface area contributed by atoms with E-state index in [1.807, 2.05) is 18.3 Å². The van der Waals surface area contributed by atoms with Crippen molar-refractivity contribution >= 4 is 17.1 Å². The third kappa shape index (κ3) is 1.64. The molecule has 0 saturated carbocycles. The Balaban J connectivity index is 2.63. The lowest BCUT2D eigenvalue weighted by Crippen LogP contribution is -2.09. The first-order valence-corrected chi connectivity index (χ1v) is 5.12. The molecule has 14 heavy (non-hydrogen) atoms. The number of nitrogens with zero attached hydrogens (tertiary/aromatic N) is 1. The Hall–Kier alpha value is -0.950. The minimum Gasteiger partial charge on any atom is -0.322 e. The largest absolute Gasteiger partial charge is 0.322 e. The Bertz CT molecular complexity index is 463. The van der Waals surface area contributed by atoms with E-state index in [1.54, 1.807) is 0 Å². The van der Waals surface area contributed by atoms with E-state index in [2.05, 4.69) is 37.4 Å². The summed E-state index contributed by atoms with van der Waals surface area (Å²) in [6.45, 7) is 6.64.